The fraction of sp³-hybridized carbons (Fsp3) is 0.211. The van der Waals surface area contributed by atoms with Gasteiger partial charge in [-0.2, -0.15) is 0 Å². The van der Waals surface area contributed by atoms with Crippen molar-refractivity contribution in [2.24, 2.45) is 5.92 Å². The molecule has 0 spiro atoms. The second kappa shape index (κ2) is 10.6. The van der Waals surface area contributed by atoms with Crippen molar-refractivity contribution in [3.63, 3.8) is 0 Å². The first-order valence-electron chi connectivity index (χ1n) is 8.45. The number of hydrazine groups is 1. The van der Waals surface area contributed by atoms with E-state index in [1.54, 1.807) is 24.3 Å². The molecule has 4 amide bonds. The zero-order valence-electron chi connectivity index (χ0n) is 14.7. The molecule has 0 fully saturated rings. The van der Waals surface area contributed by atoms with E-state index < -0.39 is 17.9 Å². The van der Waals surface area contributed by atoms with E-state index in [1.165, 1.54) is 0 Å². The number of carbonyl (C=O) groups is 3. The van der Waals surface area contributed by atoms with Gasteiger partial charge in [0.05, 0.1) is 12.5 Å². The molecule has 1 atom stereocenters. The third-order valence-corrected chi connectivity index (χ3v) is 3.86. The van der Waals surface area contributed by atoms with Crippen molar-refractivity contribution in [3.8, 4) is 0 Å². The van der Waals surface area contributed by atoms with Crippen LogP contribution in [0.2, 0.25) is 0 Å². The molecule has 0 saturated heterocycles. The largest absolute Gasteiger partial charge is 0.337 e. The smallest absolute Gasteiger partial charge is 0.307 e. The Morgan fingerprint density at radius 3 is 2.26 bits per heavy atom. The molecule has 0 aliphatic rings. The summed E-state index contributed by atoms with van der Waals surface area (Å²) in [7, 11) is 0. The number of para-hydroxylation sites is 1. The van der Waals surface area contributed by atoms with Crippen LogP contribution in [0.1, 0.15) is 12.0 Å². The predicted octanol–water partition coefficient (Wildman–Crippen LogP) is 1.94. The number of aryl methyl sites for hydroxylation is 1. The summed E-state index contributed by atoms with van der Waals surface area (Å²) >= 11 is 0. The molecule has 0 heterocycles. The lowest BCUT2D eigenvalue weighted by Gasteiger charge is -2.20. The van der Waals surface area contributed by atoms with E-state index in [2.05, 4.69) is 16.2 Å². The minimum absolute atomic E-state index is 0.176. The van der Waals surface area contributed by atoms with E-state index in [0.29, 0.717) is 23.6 Å². The molecule has 2 rings (SSSR count). The van der Waals surface area contributed by atoms with Crippen molar-refractivity contribution in [1.82, 2.24) is 15.9 Å². The van der Waals surface area contributed by atoms with Gasteiger partial charge in [-0.05, 0) is 30.5 Å². The molecular weight excluding hydrogens is 348 g/mol. The Hall–Kier alpha value is -3.39. The van der Waals surface area contributed by atoms with Gasteiger partial charge in [-0.25, -0.2) is 15.3 Å². The van der Waals surface area contributed by atoms with Crippen LogP contribution in [0.4, 0.5) is 10.5 Å². The molecule has 2 aromatic carbocycles. The number of hydrogen-bond acceptors (Lipinski definition) is 4. The van der Waals surface area contributed by atoms with Gasteiger partial charge >= 0.3 is 6.03 Å². The molecule has 27 heavy (non-hydrogen) atoms. The average molecular weight is 370 g/mol. The molecule has 1 unspecified atom stereocenters. The van der Waals surface area contributed by atoms with Crippen LogP contribution in [-0.4, -0.2) is 35.2 Å². The Morgan fingerprint density at radius 1 is 1.00 bits per heavy atom. The molecule has 8 nitrogen and oxygen atoms in total. The zero-order valence-corrected chi connectivity index (χ0v) is 14.7. The summed E-state index contributed by atoms with van der Waals surface area (Å²) in [5.74, 6) is -1.20. The van der Waals surface area contributed by atoms with Crippen LogP contribution in [0.3, 0.4) is 0 Å². The van der Waals surface area contributed by atoms with Crippen LogP contribution in [0.15, 0.2) is 60.7 Å². The normalized spacial score (nSPS) is 11.1. The molecule has 2 aromatic rings. The lowest BCUT2D eigenvalue weighted by Crippen LogP contribution is -2.48. The third kappa shape index (κ3) is 7.17. The number of urea groups is 1. The van der Waals surface area contributed by atoms with Gasteiger partial charge in [0.15, 0.2) is 0 Å². The summed E-state index contributed by atoms with van der Waals surface area (Å²) in [6.07, 6.45) is 1.21. The van der Waals surface area contributed by atoms with Crippen LogP contribution in [0.25, 0.3) is 0 Å². The number of rotatable bonds is 8. The van der Waals surface area contributed by atoms with Crippen molar-refractivity contribution in [2.75, 3.05) is 11.9 Å². The van der Waals surface area contributed by atoms with Crippen LogP contribution >= 0.6 is 0 Å². The summed E-state index contributed by atoms with van der Waals surface area (Å²) < 4.78 is 0. The Morgan fingerprint density at radius 2 is 1.63 bits per heavy atom. The van der Waals surface area contributed by atoms with Gasteiger partial charge in [0.1, 0.15) is 0 Å². The van der Waals surface area contributed by atoms with Crippen LogP contribution < -0.4 is 16.2 Å². The van der Waals surface area contributed by atoms with Gasteiger partial charge in [-0.1, -0.05) is 48.5 Å². The minimum Gasteiger partial charge on any atom is -0.307 e. The lowest BCUT2D eigenvalue weighted by atomic mass is 9.98. The maximum atomic E-state index is 12.4. The minimum atomic E-state index is -0.697. The Balaban J connectivity index is 1.87. The fourth-order valence-electron chi connectivity index (χ4n) is 2.46. The molecule has 4 N–H and O–H groups in total. The van der Waals surface area contributed by atoms with E-state index in [1.807, 2.05) is 36.4 Å². The lowest BCUT2D eigenvalue weighted by molar-refractivity contribution is -0.154. The maximum absolute atomic E-state index is 12.4. The predicted molar refractivity (Wildman–Crippen MR) is 99.5 cm³/mol. The van der Waals surface area contributed by atoms with E-state index in [4.69, 9.17) is 0 Å². The number of hydroxylamine groups is 2. The van der Waals surface area contributed by atoms with Crippen LogP contribution in [-0.2, 0) is 16.0 Å². The zero-order chi connectivity index (χ0) is 19.5. The van der Waals surface area contributed by atoms with Crippen molar-refractivity contribution in [2.45, 2.75) is 12.8 Å². The van der Waals surface area contributed by atoms with Crippen molar-refractivity contribution >= 4 is 24.0 Å². The Bertz CT molecular complexity index is 740. The summed E-state index contributed by atoms with van der Waals surface area (Å²) in [4.78, 5) is 34.9. The third-order valence-electron chi connectivity index (χ3n) is 3.86. The number of nitrogens with one attached hydrogen (secondary N) is 3. The molecular formula is C19H22N4O4. The molecule has 0 aliphatic carbocycles. The summed E-state index contributed by atoms with van der Waals surface area (Å²) in [5.41, 5.74) is 6.18. The molecule has 142 valence electrons. The molecule has 0 radical (unpaired) electrons. The number of carbonyl (C=O) groups excluding carboxylic acids is 3. The van der Waals surface area contributed by atoms with Crippen molar-refractivity contribution in [1.29, 1.82) is 0 Å². The Kier molecular flexibility index (Phi) is 7.80. The van der Waals surface area contributed by atoms with Gasteiger partial charge in [0.2, 0.25) is 12.3 Å². The standard InChI is InChI=1S/C19H22N4O4/c24-14-23(27)13-16(12-11-15-7-3-1-4-8-15)18(25)21-22-19(26)20-17-9-5-2-6-10-17/h1-10,14,16,27H,11-13H2,(H,21,25)(H2,20,22,26). The Labute approximate surface area is 157 Å². The van der Waals surface area contributed by atoms with Gasteiger partial charge in [-0.15, -0.1) is 0 Å². The first-order valence-corrected chi connectivity index (χ1v) is 8.45. The summed E-state index contributed by atoms with van der Waals surface area (Å²) in [6, 6.07) is 17.7. The average Bonchev–Trinajstić information content (AvgIpc) is 2.70. The number of amides is 4. The number of nitrogens with zero attached hydrogens (tertiary/aromatic N) is 1. The quantitative estimate of drug-likeness (QED) is 0.323. The highest BCUT2D eigenvalue weighted by Crippen LogP contribution is 2.11. The van der Waals surface area contributed by atoms with Gasteiger partial charge in [0.25, 0.3) is 0 Å². The molecule has 8 heteroatoms. The maximum Gasteiger partial charge on any atom is 0.337 e. The van der Waals surface area contributed by atoms with Gasteiger partial charge < -0.3 is 5.32 Å². The highest BCUT2D eigenvalue weighted by Gasteiger charge is 2.21. The van der Waals surface area contributed by atoms with E-state index in [0.717, 1.165) is 5.56 Å². The second-order valence-corrected chi connectivity index (χ2v) is 5.88. The van der Waals surface area contributed by atoms with Gasteiger partial charge in [-0.3, -0.25) is 20.2 Å². The summed E-state index contributed by atoms with van der Waals surface area (Å²) in [6.45, 7) is -0.176. The van der Waals surface area contributed by atoms with Gasteiger partial charge in [0, 0.05) is 5.69 Å². The topological polar surface area (TPSA) is 111 Å². The summed E-state index contributed by atoms with van der Waals surface area (Å²) in [5, 5.41) is 12.4. The van der Waals surface area contributed by atoms with E-state index in [9.17, 15) is 19.6 Å². The van der Waals surface area contributed by atoms with E-state index in [-0.39, 0.29) is 13.0 Å². The van der Waals surface area contributed by atoms with Crippen molar-refractivity contribution < 1.29 is 19.6 Å². The molecule has 0 bridgehead atoms. The number of benzene rings is 2. The first-order chi connectivity index (χ1) is 13.1. The van der Waals surface area contributed by atoms with Crippen LogP contribution in [0.5, 0.6) is 0 Å². The van der Waals surface area contributed by atoms with Crippen LogP contribution in [0, 0.1) is 5.92 Å². The SMILES string of the molecule is O=CN(O)CC(CCc1ccccc1)C(=O)NNC(=O)Nc1ccccc1. The first kappa shape index (κ1) is 19.9. The van der Waals surface area contributed by atoms with E-state index >= 15 is 0 Å². The molecule has 0 saturated carbocycles. The molecule has 0 aromatic heterocycles. The molecule has 0 aliphatic heterocycles. The van der Waals surface area contributed by atoms with Crippen molar-refractivity contribution in [3.05, 3.63) is 66.2 Å². The second-order valence-electron chi connectivity index (χ2n) is 5.88. The fourth-order valence-corrected chi connectivity index (χ4v) is 2.46. The highest BCUT2D eigenvalue weighted by atomic mass is 16.5. The highest BCUT2D eigenvalue weighted by molar-refractivity contribution is 5.91. The number of anilines is 1. The monoisotopic (exact) mass is 370 g/mol. The number of hydrogen-bond donors (Lipinski definition) is 4.